The van der Waals surface area contributed by atoms with Gasteiger partial charge in [0.15, 0.2) is 12.4 Å². The number of ether oxygens (including phenoxy) is 4. The third-order valence-corrected chi connectivity index (χ3v) is 5.65. The fourth-order valence-electron chi connectivity index (χ4n) is 3.80. The van der Waals surface area contributed by atoms with Crippen LogP contribution in [0, 0.1) is 0 Å². The molecule has 0 amide bonds. The van der Waals surface area contributed by atoms with Gasteiger partial charge in [0, 0.05) is 0 Å². The first-order valence-electron chi connectivity index (χ1n) is 10.2. The molecule has 2 aliphatic rings. The predicted molar refractivity (Wildman–Crippen MR) is 105 cm³/mol. The van der Waals surface area contributed by atoms with Crippen molar-refractivity contribution in [3.8, 4) is 0 Å². The molecular weight excluding hydrogens is 464 g/mol. The van der Waals surface area contributed by atoms with Crippen molar-refractivity contribution in [2.75, 3.05) is 19.8 Å². The SMILES string of the molecule is O=C(O)c1ccccc1C(=O)O[C@H]1[C@H](O)[C@@H](CO)O[C@@]1(CO)O[C@H]1O[C@H](CO)[C@@H](O)[C@H](O)[C@H]1O. The highest BCUT2D eigenvalue weighted by atomic mass is 16.8. The average molecular weight is 490 g/mol. The van der Waals surface area contributed by atoms with Crippen LogP contribution in [0.1, 0.15) is 20.7 Å². The van der Waals surface area contributed by atoms with Crippen molar-refractivity contribution < 1.29 is 69.4 Å². The smallest absolute Gasteiger partial charge is 0.339 e. The predicted octanol–water partition coefficient (Wildman–Crippen LogP) is -3.83. The van der Waals surface area contributed by atoms with E-state index in [1.165, 1.54) is 12.1 Å². The van der Waals surface area contributed by atoms with E-state index in [0.717, 1.165) is 12.1 Å². The van der Waals surface area contributed by atoms with Gasteiger partial charge in [-0.15, -0.1) is 0 Å². The van der Waals surface area contributed by atoms with Crippen LogP contribution in [0.5, 0.6) is 0 Å². The summed E-state index contributed by atoms with van der Waals surface area (Å²) in [7, 11) is 0. The molecule has 34 heavy (non-hydrogen) atoms. The van der Waals surface area contributed by atoms with Crippen molar-refractivity contribution in [2.45, 2.75) is 54.8 Å². The second-order valence-corrected chi connectivity index (χ2v) is 7.79. The van der Waals surface area contributed by atoms with Crippen molar-refractivity contribution in [3.63, 3.8) is 0 Å². The van der Waals surface area contributed by atoms with Crippen LogP contribution in [0.25, 0.3) is 0 Å². The molecule has 1 aromatic carbocycles. The lowest BCUT2D eigenvalue weighted by atomic mass is 9.99. The topological polar surface area (TPSA) is 233 Å². The normalized spacial score (nSPS) is 38.0. The molecule has 2 fully saturated rings. The first-order chi connectivity index (χ1) is 16.1. The summed E-state index contributed by atoms with van der Waals surface area (Å²) in [5.41, 5.74) is -0.807. The maximum absolute atomic E-state index is 12.8. The number of benzene rings is 1. The second-order valence-electron chi connectivity index (χ2n) is 7.79. The number of carbonyl (C=O) groups excluding carboxylic acids is 1. The number of aliphatic hydroxyl groups excluding tert-OH is 7. The Balaban J connectivity index is 1.92. The molecule has 190 valence electrons. The minimum Gasteiger partial charge on any atom is -0.478 e. The van der Waals surface area contributed by atoms with E-state index < -0.39 is 97.7 Å². The van der Waals surface area contributed by atoms with E-state index in [1.807, 2.05) is 0 Å². The van der Waals surface area contributed by atoms with Gasteiger partial charge in [0.1, 0.15) is 43.2 Å². The molecule has 3 rings (SSSR count). The van der Waals surface area contributed by atoms with E-state index in [4.69, 9.17) is 18.9 Å². The molecular formula is C20H26O14. The Labute approximate surface area is 192 Å². The van der Waals surface area contributed by atoms with Gasteiger partial charge >= 0.3 is 11.9 Å². The van der Waals surface area contributed by atoms with Crippen LogP contribution in [0.15, 0.2) is 24.3 Å². The Hall–Kier alpha value is -2.24. The van der Waals surface area contributed by atoms with E-state index in [1.54, 1.807) is 0 Å². The summed E-state index contributed by atoms with van der Waals surface area (Å²) in [6.07, 6.45) is -13.9. The molecule has 9 atom stereocenters. The van der Waals surface area contributed by atoms with Crippen LogP contribution in [0.3, 0.4) is 0 Å². The highest BCUT2D eigenvalue weighted by molar-refractivity contribution is 6.02. The summed E-state index contributed by atoms with van der Waals surface area (Å²) in [5, 5.41) is 79.0. The quantitative estimate of drug-likeness (QED) is 0.163. The zero-order chi connectivity index (χ0) is 25.2. The zero-order valence-electron chi connectivity index (χ0n) is 17.6. The molecule has 0 unspecified atom stereocenters. The van der Waals surface area contributed by atoms with Crippen molar-refractivity contribution >= 4 is 11.9 Å². The van der Waals surface area contributed by atoms with Gasteiger partial charge in [-0.2, -0.15) is 0 Å². The lowest BCUT2D eigenvalue weighted by Gasteiger charge is -2.43. The van der Waals surface area contributed by atoms with Crippen LogP contribution in [0.4, 0.5) is 0 Å². The Morgan fingerprint density at radius 2 is 1.50 bits per heavy atom. The molecule has 0 bridgehead atoms. The fourth-order valence-corrected chi connectivity index (χ4v) is 3.80. The van der Waals surface area contributed by atoms with Crippen LogP contribution in [-0.2, 0) is 18.9 Å². The number of hydrogen-bond acceptors (Lipinski definition) is 13. The largest absolute Gasteiger partial charge is 0.478 e. The van der Waals surface area contributed by atoms with Gasteiger partial charge in [-0.1, -0.05) is 12.1 Å². The number of aliphatic hydroxyl groups is 7. The maximum Gasteiger partial charge on any atom is 0.339 e. The summed E-state index contributed by atoms with van der Waals surface area (Å²) in [4.78, 5) is 24.2. The average Bonchev–Trinajstić information content (AvgIpc) is 3.10. The Bertz CT molecular complexity index is 877. The number of esters is 1. The summed E-state index contributed by atoms with van der Waals surface area (Å²) in [6.45, 7) is -2.74. The molecule has 0 aromatic heterocycles. The minimum absolute atomic E-state index is 0.394. The third kappa shape index (κ3) is 4.78. The molecule has 14 nitrogen and oxygen atoms in total. The second kappa shape index (κ2) is 10.6. The monoisotopic (exact) mass is 490 g/mol. The first kappa shape index (κ1) is 26.4. The lowest BCUT2D eigenvalue weighted by Crippen LogP contribution is -2.63. The Kier molecular flexibility index (Phi) is 8.20. The van der Waals surface area contributed by atoms with E-state index >= 15 is 0 Å². The number of aromatic carboxylic acids is 1. The van der Waals surface area contributed by atoms with Crippen LogP contribution in [0.2, 0.25) is 0 Å². The lowest BCUT2D eigenvalue weighted by molar-refractivity contribution is -0.383. The molecule has 2 saturated heterocycles. The van der Waals surface area contributed by atoms with Crippen molar-refractivity contribution in [2.24, 2.45) is 0 Å². The summed E-state index contributed by atoms with van der Waals surface area (Å²) >= 11 is 0. The summed E-state index contributed by atoms with van der Waals surface area (Å²) in [5.74, 6) is -5.14. The van der Waals surface area contributed by atoms with Gasteiger partial charge < -0.3 is 59.8 Å². The number of carboxylic acid groups (broad SMARTS) is 1. The van der Waals surface area contributed by atoms with Crippen LogP contribution in [-0.4, -0.2) is 127 Å². The van der Waals surface area contributed by atoms with Crippen molar-refractivity contribution in [3.05, 3.63) is 35.4 Å². The Morgan fingerprint density at radius 1 is 0.882 bits per heavy atom. The van der Waals surface area contributed by atoms with E-state index in [0.29, 0.717) is 0 Å². The molecule has 2 aliphatic heterocycles. The molecule has 0 saturated carbocycles. The number of hydrogen-bond donors (Lipinski definition) is 8. The first-order valence-corrected chi connectivity index (χ1v) is 10.2. The van der Waals surface area contributed by atoms with E-state index in [9.17, 15) is 50.4 Å². The fraction of sp³-hybridized carbons (Fsp3) is 0.600. The van der Waals surface area contributed by atoms with Gasteiger partial charge in [0.05, 0.1) is 24.3 Å². The van der Waals surface area contributed by atoms with Gasteiger partial charge in [-0.3, -0.25) is 0 Å². The molecule has 0 radical (unpaired) electrons. The molecule has 14 heteroatoms. The zero-order valence-corrected chi connectivity index (χ0v) is 17.6. The summed E-state index contributed by atoms with van der Waals surface area (Å²) in [6, 6.07) is 5.03. The standard InChI is InChI=1S/C20H26O14/c21-5-10-12(24)14(26)15(27)19(31-10)34-20(7-23)16(13(25)11(6-22)33-20)32-18(30)9-4-2-1-3-8(9)17(28)29/h1-4,10-16,19,21-27H,5-7H2,(H,28,29)/t10-,11-,12-,13-,14+,15-,16+,19-,20+/m1/s1. The minimum atomic E-state index is -2.46. The van der Waals surface area contributed by atoms with Gasteiger partial charge in [-0.25, -0.2) is 9.59 Å². The van der Waals surface area contributed by atoms with Gasteiger partial charge in [0.2, 0.25) is 5.79 Å². The molecule has 2 heterocycles. The van der Waals surface area contributed by atoms with Gasteiger partial charge in [-0.05, 0) is 12.1 Å². The highest BCUT2D eigenvalue weighted by Gasteiger charge is 2.61. The number of carboxylic acids is 1. The third-order valence-electron chi connectivity index (χ3n) is 5.65. The molecule has 1 aromatic rings. The van der Waals surface area contributed by atoms with E-state index in [2.05, 4.69) is 0 Å². The van der Waals surface area contributed by atoms with Crippen molar-refractivity contribution in [1.29, 1.82) is 0 Å². The molecule has 0 spiro atoms. The maximum atomic E-state index is 12.8. The van der Waals surface area contributed by atoms with E-state index in [-0.39, 0.29) is 0 Å². The van der Waals surface area contributed by atoms with Gasteiger partial charge in [0.25, 0.3) is 0 Å². The Morgan fingerprint density at radius 3 is 2.06 bits per heavy atom. The van der Waals surface area contributed by atoms with Crippen molar-refractivity contribution in [1.82, 2.24) is 0 Å². The number of carbonyl (C=O) groups is 2. The summed E-state index contributed by atoms with van der Waals surface area (Å²) < 4.78 is 21.4. The highest BCUT2D eigenvalue weighted by Crippen LogP contribution is 2.38. The number of rotatable bonds is 8. The molecule has 0 aliphatic carbocycles. The van der Waals surface area contributed by atoms with Crippen LogP contribution < -0.4 is 0 Å². The molecule has 8 N–H and O–H groups in total. The van der Waals surface area contributed by atoms with Crippen LogP contribution >= 0.6 is 0 Å².